The number of nitrogens with zero attached hydrogens (tertiary/aromatic N) is 2. The van der Waals surface area contributed by atoms with E-state index in [0.717, 1.165) is 58.0 Å². The highest BCUT2D eigenvalue weighted by Crippen LogP contribution is 2.35. The van der Waals surface area contributed by atoms with Crippen molar-refractivity contribution in [2.24, 2.45) is 11.8 Å². The fourth-order valence-corrected chi connectivity index (χ4v) is 4.61. The molecule has 3 atom stereocenters. The van der Waals surface area contributed by atoms with E-state index in [1.54, 1.807) is 5.06 Å². The molecule has 4 fully saturated rings. The molecule has 4 saturated heterocycles. The zero-order valence-electron chi connectivity index (χ0n) is 14.5. The highest BCUT2D eigenvalue weighted by atomic mass is 16.7. The van der Waals surface area contributed by atoms with Crippen molar-refractivity contribution < 1.29 is 19.1 Å². The van der Waals surface area contributed by atoms with Gasteiger partial charge in [-0.25, -0.2) is 5.06 Å². The number of carbonyl (C=O) groups excluding carboxylic acids is 1. The van der Waals surface area contributed by atoms with E-state index >= 15 is 0 Å². The molecule has 0 N–H and O–H groups in total. The van der Waals surface area contributed by atoms with Crippen LogP contribution in [-0.2, 0) is 19.1 Å². The van der Waals surface area contributed by atoms with Crippen LogP contribution in [0.2, 0.25) is 0 Å². The molecular weight excluding hydrogens is 308 g/mol. The van der Waals surface area contributed by atoms with Crippen molar-refractivity contribution in [1.29, 1.82) is 0 Å². The van der Waals surface area contributed by atoms with Gasteiger partial charge in [0.2, 0.25) is 5.91 Å². The summed E-state index contributed by atoms with van der Waals surface area (Å²) in [7, 11) is 0. The number of likely N-dealkylation sites (tertiary alicyclic amines) is 1. The molecule has 6 heteroatoms. The lowest BCUT2D eigenvalue weighted by Crippen LogP contribution is -2.38. The van der Waals surface area contributed by atoms with Crippen LogP contribution in [-0.4, -0.2) is 74.1 Å². The lowest BCUT2D eigenvalue weighted by atomic mass is 9.99. The second-order valence-corrected chi connectivity index (χ2v) is 7.81. The van der Waals surface area contributed by atoms with Crippen LogP contribution in [0.25, 0.3) is 0 Å². The third-order valence-corrected chi connectivity index (χ3v) is 5.93. The van der Waals surface area contributed by atoms with E-state index in [1.165, 1.54) is 19.4 Å². The average Bonchev–Trinajstić information content (AvgIpc) is 3.14. The Balaban J connectivity index is 1.20. The third-order valence-electron chi connectivity index (χ3n) is 5.93. The Bertz CT molecular complexity index is 421. The van der Waals surface area contributed by atoms with E-state index in [4.69, 9.17) is 14.3 Å². The van der Waals surface area contributed by atoms with Gasteiger partial charge in [0, 0.05) is 45.3 Å². The Morgan fingerprint density at radius 1 is 1.08 bits per heavy atom. The molecule has 4 rings (SSSR count). The molecular formula is C18H30N2O4. The molecule has 4 aliphatic heterocycles. The second kappa shape index (κ2) is 7.68. The third kappa shape index (κ3) is 3.93. The van der Waals surface area contributed by atoms with Crippen molar-refractivity contribution in [2.45, 2.75) is 50.7 Å². The van der Waals surface area contributed by atoms with E-state index < -0.39 is 0 Å². The minimum absolute atomic E-state index is 0.0863. The maximum absolute atomic E-state index is 12.3. The van der Waals surface area contributed by atoms with E-state index in [9.17, 15) is 4.79 Å². The van der Waals surface area contributed by atoms with Crippen LogP contribution in [0.15, 0.2) is 0 Å². The van der Waals surface area contributed by atoms with Crippen molar-refractivity contribution in [3.63, 3.8) is 0 Å². The Labute approximate surface area is 144 Å². The van der Waals surface area contributed by atoms with Gasteiger partial charge >= 0.3 is 0 Å². The number of rotatable bonds is 4. The first-order valence-electron chi connectivity index (χ1n) is 9.67. The lowest BCUT2D eigenvalue weighted by molar-refractivity contribution is -0.199. The predicted octanol–water partition coefficient (Wildman–Crippen LogP) is 1.45. The zero-order valence-corrected chi connectivity index (χ0v) is 14.5. The van der Waals surface area contributed by atoms with Gasteiger partial charge in [-0.15, -0.1) is 0 Å². The monoisotopic (exact) mass is 338 g/mol. The van der Waals surface area contributed by atoms with Crippen molar-refractivity contribution >= 4 is 5.91 Å². The summed E-state index contributed by atoms with van der Waals surface area (Å²) < 4.78 is 11.6. The summed E-state index contributed by atoms with van der Waals surface area (Å²) in [6, 6.07) is 0. The van der Waals surface area contributed by atoms with E-state index in [-0.39, 0.29) is 12.0 Å². The molecule has 4 aliphatic rings. The number of hydrogen-bond acceptors (Lipinski definition) is 5. The zero-order chi connectivity index (χ0) is 16.4. The lowest BCUT2D eigenvalue weighted by Gasteiger charge is -2.28. The largest absolute Gasteiger partial charge is 0.381 e. The van der Waals surface area contributed by atoms with Gasteiger partial charge in [-0.2, -0.15) is 0 Å². The van der Waals surface area contributed by atoms with Gasteiger partial charge in [-0.3, -0.25) is 9.63 Å². The van der Waals surface area contributed by atoms with Crippen LogP contribution in [0.5, 0.6) is 0 Å². The van der Waals surface area contributed by atoms with Crippen LogP contribution >= 0.6 is 0 Å². The Morgan fingerprint density at radius 3 is 2.71 bits per heavy atom. The first-order chi connectivity index (χ1) is 11.8. The summed E-state index contributed by atoms with van der Waals surface area (Å²) in [6.07, 6.45) is 6.40. The number of amides is 1. The highest BCUT2D eigenvalue weighted by molar-refractivity contribution is 5.75. The predicted molar refractivity (Wildman–Crippen MR) is 88.3 cm³/mol. The SMILES string of the molecule is O=C(C[C@H]1C[C@H]2CN(CC3CCOCC3)C[C@H]2O1)N1CCCCO1. The minimum Gasteiger partial charge on any atom is -0.381 e. The van der Waals surface area contributed by atoms with Crippen molar-refractivity contribution in [2.75, 3.05) is 46.0 Å². The molecule has 0 radical (unpaired) electrons. The summed E-state index contributed by atoms with van der Waals surface area (Å²) in [4.78, 5) is 20.3. The Hall–Kier alpha value is -0.690. The molecule has 0 aromatic rings. The molecule has 24 heavy (non-hydrogen) atoms. The van der Waals surface area contributed by atoms with Crippen LogP contribution < -0.4 is 0 Å². The van der Waals surface area contributed by atoms with Gasteiger partial charge in [0.25, 0.3) is 0 Å². The van der Waals surface area contributed by atoms with Crippen molar-refractivity contribution in [3.05, 3.63) is 0 Å². The van der Waals surface area contributed by atoms with Gasteiger partial charge in [0.05, 0.1) is 25.2 Å². The summed E-state index contributed by atoms with van der Waals surface area (Å²) >= 11 is 0. The second-order valence-electron chi connectivity index (χ2n) is 7.81. The molecule has 0 unspecified atom stereocenters. The fourth-order valence-electron chi connectivity index (χ4n) is 4.61. The summed E-state index contributed by atoms with van der Waals surface area (Å²) in [6.45, 7) is 6.60. The quantitative estimate of drug-likeness (QED) is 0.776. The summed E-state index contributed by atoms with van der Waals surface area (Å²) in [5.74, 6) is 1.48. The molecule has 6 nitrogen and oxygen atoms in total. The topological polar surface area (TPSA) is 51.2 Å². The van der Waals surface area contributed by atoms with Crippen LogP contribution in [0.1, 0.15) is 38.5 Å². The summed E-state index contributed by atoms with van der Waals surface area (Å²) in [5, 5.41) is 1.55. The van der Waals surface area contributed by atoms with Gasteiger partial charge in [0.15, 0.2) is 0 Å². The molecule has 0 aliphatic carbocycles. The van der Waals surface area contributed by atoms with Crippen molar-refractivity contribution in [3.8, 4) is 0 Å². The van der Waals surface area contributed by atoms with Crippen LogP contribution in [0.3, 0.4) is 0 Å². The standard InChI is InChI=1S/C18H30N2O4/c21-18(20-5-1-2-6-23-20)10-16-9-15-12-19(13-17(15)24-16)11-14-3-7-22-8-4-14/h14-17H,1-13H2/t15-,16+,17+/m0/s1. The van der Waals surface area contributed by atoms with Gasteiger partial charge in [-0.05, 0) is 38.0 Å². The number of fused-ring (bicyclic) bond motifs is 1. The number of hydroxylamine groups is 2. The van der Waals surface area contributed by atoms with Crippen LogP contribution in [0.4, 0.5) is 0 Å². The maximum atomic E-state index is 12.3. The Kier molecular flexibility index (Phi) is 5.37. The van der Waals surface area contributed by atoms with Gasteiger partial charge in [-0.1, -0.05) is 0 Å². The normalized spacial score (nSPS) is 35.3. The first-order valence-corrected chi connectivity index (χ1v) is 9.67. The van der Waals surface area contributed by atoms with Gasteiger partial charge in [0.1, 0.15) is 0 Å². The molecule has 136 valence electrons. The fraction of sp³-hybridized carbons (Fsp3) is 0.944. The minimum atomic E-state index is 0.0863. The molecule has 1 amide bonds. The molecule has 0 saturated carbocycles. The number of carbonyl (C=O) groups is 1. The Morgan fingerprint density at radius 2 is 1.96 bits per heavy atom. The van der Waals surface area contributed by atoms with Gasteiger partial charge < -0.3 is 14.4 Å². The molecule has 0 bridgehead atoms. The van der Waals surface area contributed by atoms with E-state index in [2.05, 4.69) is 4.90 Å². The molecule has 0 aromatic heterocycles. The molecule has 0 spiro atoms. The number of ether oxygens (including phenoxy) is 2. The molecule has 0 aromatic carbocycles. The smallest absolute Gasteiger partial charge is 0.248 e. The molecule has 4 heterocycles. The number of hydrogen-bond donors (Lipinski definition) is 0. The van der Waals surface area contributed by atoms with Crippen molar-refractivity contribution in [1.82, 2.24) is 9.96 Å². The average molecular weight is 338 g/mol. The van der Waals surface area contributed by atoms with E-state index in [0.29, 0.717) is 25.0 Å². The van der Waals surface area contributed by atoms with E-state index in [1.807, 2.05) is 0 Å². The highest BCUT2D eigenvalue weighted by Gasteiger charge is 2.43. The first kappa shape index (κ1) is 16.8. The summed E-state index contributed by atoms with van der Waals surface area (Å²) in [5.41, 5.74) is 0. The van der Waals surface area contributed by atoms with Crippen LogP contribution in [0, 0.1) is 11.8 Å². The maximum Gasteiger partial charge on any atom is 0.248 e.